The fraction of sp³-hybridized carbons (Fsp3) is 0.312. The van der Waals surface area contributed by atoms with Gasteiger partial charge >= 0.3 is 0 Å². The predicted molar refractivity (Wildman–Crippen MR) is 80.6 cm³/mol. The summed E-state index contributed by atoms with van der Waals surface area (Å²) >= 11 is 0. The molecule has 0 bridgehead atoms. The number of benzene rings is 1. The number of rotatable bonds is 3. The maximum absolute atomic E-state index is 12.5. The molecule has 1 aromatic carbocycles. The van der Waals surface area contributed by atoms with Crippen LogP contribution in [0.3, 0.4) is 0 Å². The molecule has 1 saturated carbocycles. The number of fused-ring (bicyclic) bond motifs is 1. The van der Waals surface area contributed by atoms with Gasteiger partial charge in [-0.1, -0.05) is 18.2 Å². The SMILES string of the molecule is Cc1ccccc1-n1ncc2c(=O)n(CC3CC3)cnc21. The lowest BCUT2D eigenvalue weighted by Crippen LogP contribution is -2.21. The molecule has 0 atom stereocenters. The summed E-state index contributed by atoms with van der Waals surface area (Å²) in [5.41, 5.74) is 2.69. The number of aryl methyl sites for hydroxylation is 1. The van der Waals surface area contributed by atoms with Crippen molar-refractivity contribution in [2.24, 2.45) is 5.92 Å². The normalized spacial score (nSPS) is 14.7. The third-order valence-corrected chi connectivity index (χ3v) is 4.05. The van der Waals surface area contributed by atoms with Crippen LogP contribution in [0.4, 0.5) is 0 Å². The van der Waals surface area contributed by atoms with E-state index in [4.69, 9.17) is 0 Å². The first-order valence-corrected chi connectivity index (χ1v) is 7.23. The van der Waals surface area contributed by atoms with Gasteiger partial charge in [0, 0.05) is 6.54 Å². The zero-order valence-electron chi connectivity index (χ0n) is 11.9. The predicted octanol–water partition coefficient (Wildman–Crippen LogP) is 2.30. The van der Waals surface area contributed by atoms with Gasteiger partial charge < -0.3 is 0 Å². The lowest BCUT2D eigenvalue weighted by atomic mass is 10.2. The number of aromatic nitrogens is 4. The Labute approximate surface area is 121 Å². The molecule has 21 heavy (non-hydrogen) atoms. The van der Waals surface area contributed by atoms with Gasteiger partial charge in [-0.15, -0.1) is 0 Å². The molecular weight excluding hydrogens is 264 g/mol. The van der Waals surface area contributed by atoms with Gasteiger partial charge in [0.15, 0.2) is 5.65 Å². The van der Waals surface area contributed by atoms with E-state index in [1.807, 2.05) is 31.2 Å². The minimum absolute atomic E-state index is 0.00624. The largest absolute Gasteiger partial charge is 0.298 e. The van der Waals surface area contributed by atoms with E-state index in [1.54, 1.807) is 21.8 Å². The highest BCUT2D eigenvalue weighted by Crippen LogP contribution is 2.30. The number of hydrogen-bond acceptors (Lipinski definition) is 3. The van der Waals surface area contributed by atoms with Crippen LogP contribution in [0, 0.1) is 12.8 Å². The van der Waals surface area contributed by atoms with E-state index in [2.05, 4.69) is 10.1 Å². The van der Waals surface area contributed by atoms with Crippen LogP contribution in [0.25, 0.3) is 16.7 Å². The topological polar surface area (TPSA) is 52.7 Å². The van der Waals surface area contributed by atoms with Gasteiger partial charge in [-0.2, -0.15) is 5.10 Å². The van der Waals surface area contributed by atoms with Crippen molar-refractivity contribution >= 4 is 11.0 Å². The van der Waals surface area contributed by atoms with Crippen LogP contribution in [0.15, 0.2) is 41.6 Å². The molecule has 0 spiro atoms. The Morgan fingerprint density at radius 2 is 2.10 bits per heavy atom. The molecule has 5 heteroatoms. The minimum atomic E-state index is 0.00624. The summed E-state index contributed by atoms with van der Waals surface area (Å²) in [6, 6.07) is 7.96. The molecule has 3 aromatic rings. The fourth-order valence-electron chi connectivity index (χ4n) is 2.63. The molecule has 0 saturated heterocycles. The van der Waals surface area contributed by atoms with Gasteiger partial charge in [-0.25, -0.2) is 9.67 Å². The fourth-order valence-corrected chi connectivity index (χ4v) is 2.63. The molecular formula is C16H16N4O. The maximum Gasteiger partial charge on any atom is 0.264 e. The minimum Gasteiger partial charge on any atom is -0.298 e. The van der Waals surface area contributed by atoms with Gasteiger partial charge in [-0.3, -0.25) is 9.36 Å². The lowest BCUT2D eigenvalue weighted by molar-refractivity contribution is 0.601. The zero-order valence-corrected chi connectivity index (χ0v) is 11.9. The summed E-state index contributed by atoms with van der Waals surface area (Å²) in [5.74, 6) is 0.647. The summed E-state index contributed by atoms with van der Waals surface area (Å²) in [4.78, 5) is 17.0. The summed E-state index contributed by atoms with van der Waals surface area (Å²) < 4.78 is 3.46. The first-order valence-electron chi connectivity index (χ1n) is 7.23. The van der Waals surface area contributed by atoms with E-state index in [1.165, 1.54) is 12.8 Å². The number of para-hydroxylation sites is 1. The van der Waals surface area contributed by atoms with E-state index in [-0.39, 0.29) is 5.56 Å². The molecule has 0 aliphatic heterocycles. The van der Waals surface area contributed by atoms with Crippen molar-refractivity contribution in [1.82, 2.24) is 19.3 Å². The van der Waals surface area contributed by atoms with E-state index >= 15 is 0 Å². The summed E-state index contributed by atoms with van der Waals surface area (Å²) in [6.45, 7) is 2.80. The number of nitrogens with zero attached hydrogens (tertiary/aromatic N) is 4. The van der Waals surface area contributed by atoms with Crippen molar-refractivity contribution in [3.63, 3.8) is 0 Å². The second kappa shape index (κ2) is 4.55. The van der Waals surface area contributed by atoms with Crippen LogP contribution in [0.2, 0.25) is 0 Å². The first kappa shape index (κ1) is 12.3. The van der Waals surface area contributed by atoms with Crippen molar-refractivity contribution in [1.29, 1.82) is 0 Å². The highest BCUT2D eigenvalue weighted by Gasteiger charge is 2.23. The summed E-state index contributed by atoms with van der Waals surface area (Å²) in [7, 11) is 0. The third-order valence-electron chi connectivity index (χ3n) is 4.05. The first-order chi connectivity index (χ1) is 10.2. The standard InChI is InChI=1S/C16H16N4O/c1-11-4-2-3-5-14(11)20-15-13(8-18-20)16(21)19(10-17-15)9-12-6-7-12/h2-5,8,10,12H,6-7,9H2,1H3. The van der Waals surface area contributed by atoms with Crippen molar-refractivity contribution in [2.75, 3.05) is 0 Å². The van der Waals surface area contributed by atoms with Crippen LogP contribution < -0.4 is 5.56 Å². The second-order valence-electron chi connectivity index (χ2n) is 5.73. The highest BCUT2D eigenvalue weighted by atomic mass is 16.1. The second-order valence-corrected chi connectivity index (χ2v) is 5.73. The molecule has 0 unspecified atom stereocenters. The average Bonchev–Trinajstić information content (AvgIpc) is 3.20. The molecule has 0 radical (unpaired) electrons. The van der Waals surface area contributed by atoms with Crippen LogP contribution in [-0.4, -0.2) is 19.3 Å². The molecule has 0 N–H and O–H groups in total. The molecule has 1 fully saturated rings. The van der Waals surface area contributed by atoms with E-state index < -0.39 is 0 Å². The lowest BCUT2D eigenvalue weighted by Gasteiger charge is -2.07. The Hall–Kier alpha value is -2.43. The maximum atomic E-state index is 12.5. The smallest absolute Gasteiger partial charge is 0.264 e. The van der Waals surface area contributed by atoms with Gasteiger partial charge in [0.1, 0.15) is 5.39 Å². The zero-order chi connectivity index (χ0) is 14.4. The highest BCUT2D eigenvalue weighted by molar-refractivity contribution is 5.75. The van der Waals surface area contributed by atoms with Crippen LogP contribution in [0.5, 0.6) is 0 Å². The molecule has 1 aliphatic rings. The Morgan fingerprint density at radius 1 is 1.29 bits per heavy atom. The van der Waals surface area contributed by atoms with Gasteiger partial charge in [0.2, 0.25) is 0 Å². The van der Waals surface area contributed by atoms with Crippen molar-refractivity contribution < 1.29 is 0 Å². The molecule has 5 nitrogen and oxygen atoms in total. The molecule has 2 heterocycles. The van der Waals surface area contributed by atoms with E-state index in [9.17, 15) is 4.79 Å². The average molecular weight is 280 g/mol. The number of hydrogen-bond donors (Lipinski definition) is 0. The Balaban J connectivity index is 1.87. The molecule has 2 aromatic heterocycles. The van der Waals surface area contributed by atoms with Crippen LogP contribution in [-0.2, 0) is 6.54 Å². The molecule has 106 valence electrons. The quantitative estimate of drug-likeness (QED) is 0.739. The third kappa shape index (κ3) is 2.05. The van der Waals surface area contributed by atoms with E-state index in [0.717, 1.165) is 17.8 Å². The Morgan fingerprint density at radius 3 is 2.86 bits per heavy atom. The van der Waals surface area contributed by atoms with Crippen molar-refractivity contribution in [3.05, 3.63) is 52.7 Å². The molecule has 1 aliphatic carbocycles. The van der Waals surface area contributed by atoms with Gasteiger partial charge in [0.25, 0.3) is 5.56 Å². The molecule has 4 rings (SSSR count). The van der Waals surface area contributed by atoms with Crippen LogP contribution in [0.1, 0.15) is 18.4 Å². The van der Waals surface area contributed by atoms with Crippen molar-refractivity contribution in [3.8, 4) is 5.69 Å². The van der Waals surface area contributed by atoms with Crippen molar-refractivity contribution in [2.45, 2.75) is 26.3 Å². The van der Waals surface area contributed by atoms with Gasteiger partial charge in [0.05, 0.1) is 18.2 Å². The summed E-state index contributed by atoms with van der Waals surface area (Å²) in [6.07, 6.45) is 5.71. The summed E-state index contributed by atoms with van der Waals surface area (Å²) in [5, 5.41) is 4.95. The van der Waals surface area contributed by atoms with Gasteiger partial charge in [-0.05, 0) is 37.3 Å². The molecule has 0 amide bonds. The Kier molecular flexibility index (Phi) is 2.67. The Bertz CT molecular complexity index is 873. The van der Waals surface area contributed by atoms with Crippen LogP contribution >= 0.6 is 0 Å². The van der Waals surface area contributed by atoms with E-state index in [0.29, 0.717) is 17.0 Å². The monoisotopic (exact) mass is 280 g/mol.